The maximum absolute atomic E-state index is 12.8. The summed E-state index contributed by atoms with van der Waals surface area (Å²) >= 11 is 1.24. The van der Waals surface area contributed by atoms with Crippen LogP contribution in [0.5, 0.6) is 0 Å². The fourth-order valence-corrected chi connectivity index (χ4v) is 4.13. The molecule has 4 nitrogen and oxygen atoms in total. The molecule has 1 aromatic carbocycles. The Bertz CT molecular complexity index is 745. The van der Waals surface area contributed by atoms with Gasteiger partial charge in [-0.25, -0.2) is 4.79 Å². The number of ether oxygens (including phenoxy) is 1. The van der Waals surface area contributed by atoms with Gasteiger partial charge < -0.3 is 9.64 Å². The lowest BCUT2D eigenvalue weighted by Crippen LogP contribution is -2.63. The number of benzene rings is 1. The highest BCUT2D eigenvalue weighted by Crippen LogP contribution is 2.42. The molecule has 1 aromatic heterocycles. The van der Waals surface area contributed by atoms with Crippen molar-refractivity contribution in [2.75, 3.05) is 20.2 Å². The van der Waals surface area contributed by atoms with Gasteiger partial charge in [-0.2, -0.15) is 0 Å². The van der Waals surface area contributed by atoms with E-state index in [9.17, 15) is 9.59 Å². The number of carbonyl (C=O) groups is 2. The van der Waals surface area contributed by atoms with E-state index < -0.39 is 5.97 Å². The highest BCUT2D eigenvalue weighted by atomic mass is 32.1. The van der Waals surface area contributed by atoms with E-state index in [1.165, 1.54) is 24.0 Å². The van der Waals surface area contributed by atoms with Crippen molar-refractivity contribution in [1.29, 1.82) is 0 Å². The second-order valence-corrected chi connectivity index (χ2v) is 7.41. The third-order valence-corrected chi connectivity index (χ3v) is 5.85. The summed E-state index contributed by atoms with van der Waals surface area (Å²) in [4.78, 5) is 26.8. The third-order valence-electron chi connectivity index (χ3n) is 4.95. The third kappa shape index (κ3) is 2.63. The molecule has 0 unspecified atom stereocenters. The van der Waals surface area contributed by atoms with E-state index in [0.717, 1.165) is 0 Å². The highest BCUT2D eigenvalue weighted by Gasteiger charge is 2.49. The second-order valence-electron chi connectivity index (χ2n) is 6.49. The van der Waals surface area contributed by atoms with Gasteiger partial charge in [0.05, 0.1) is 12.7 Å². The van der Waals surface area contributed by atoms with Crippen molar-refractivity contribution in [2.24, 2.45) is 5.92 Å². The Morgan fingerprint density at radius 1 is 1.17 bits per heavy atom. The van der Waals surface area contributed by atoms with Gasteiger partial charge in [-0.15, -0.1) is 11.3 Å². The van der Waals surface area contributed by atoms with E-state index in [-0.39, 0.29) is 11.3 Å². The molecule has 24 heavy (non-hydrogen) atoms. The summed E-state index contributed by atoms with van der Waals surface area (Å²) in [5.74, 6) is -0.123. The molecule has 0 N–H and O–H groups in total. The van der Waals surface area contributed by atoms with Gasteiger partial charge in [0.2, 0.25) is 0 Å². The van der Waals surface area contributed by atoms with Crippen LogP contribution in [0.1, 0.15) is 39.4 Å². The van der Waals surface area contributed by atoms with Crippen molar-refractivity contribution in [1.82, 2.24) is 4.90 Å². The topological polar surface area (TPSA) is 46.6 Å². The van der Waals surface area contributed by atoms with Crippen LogP contribution in [0, 0.1) is 5.92 Å². The van der Waals surface area contributed by atoms with E-state index in [2.05, 4.69) is 26.0 Å². The number of carbonyl (C=O) groups excluding carboxylic acids is 2. The standard InChI is InChI=1S/C19H21NO3S/c1-13(2)19(14-7-5-4-6-8-14)11-20(12-19)17(21)15-9-10-24-16(15)18(22)23-3/h4-10,13H,11-12H2,1-3H3. The molecule has 2 heterocycles. The number of thiophene rings is 1. The lowest BCUT2D eigenvalue weighted by Gasteiger charge is -2.53. The lowest BCUT2D eigenvalue weighted by atomic mass is 9.66. The van der Waals surface area contributed by atoms with Crippen molar-refractivity contribution in [3.8, 4) is 0 Å². The number of hydrogen-bond acceptors (Lipinski definition) is 4. The Morgan fingerprint density at radius 2 is 1.83 bits per heavy atom. The van der Waals surface area contributed by atoms with E-state index in [1.54, 1.807) is 11.4 Å². The Kier molecular flexibility index (Phi) is 4.45. The maximum Gasteiger partial charge on any atom is 0.348 e. The molecule has 2 aromatic rings. The summed E-state index contributed by atoms with van der Waals surface area (Å²) in [6.45, 7) is 5.73. The van der Waals surface area contributed by atoms with Gasteiger partial charge in [-0.3, -0.25) is 4.79 Å². The quantitative estimate of drug-likeness (QED) is 0.797. The molecular weight excluding hydrogens is 322 g/mol. The normalized spacial score (nSPS) is 15.9. The van der Waals surface area contributed by atoms with Crippen LogP contribution in [-0.2, 0) is 10.2 Å². The fraction of sp³-hybridized carbons (Fsp3) is 0.368. The zero-order valence-electron chi connectivity index (χ0n) is 14.1. The molecule has 1 aliphatic heterocycles. The van der Waals surface area contributed by atoms with Gasteiger partial charge in [0.15, 0.2) is 0 Å². The van der Waals surface area contributed by atoms with Crippen LogP contribution in [0.25, 0.3) is 0 Å². The van der Waals surface area contributed by atoms with Crippen molar-refractivity contribution in [2.45, 2.75) is 19.3 Å². The van der Waals surface area contributed by atoms with Crippen molar-refractivity contribution in [3.05, 3.63) is 57.8 Å². The van der Waals surface area contributed by atoms with Gasteiger partial charge in [-0.05, 0) is 22.9 Å². The van der Waals surface area contributed by atoms with Crippen LogP contribution < -0.4 is 0 Å². The van der Waals surface area contributed by atoms with Crippen molar-refractivity contribution < 1.29 is 14.3 Å². The minimum atomic E-state index is -0.452. The summed E-state index contributed by atoms with van der Waals surface area (Å²) < 4.78 is 4.77. The zero-order valence-corrected chi connectivity index (χ0v) is 14.9. The summed E-state index contributed by atoms with van der Waals surface area (Å²) in [6, 6.07) is 12.1. The van der Waals surface area contributed by atoms with Crippen LogP contribution in [-0.4, -0.2) is 37.0 Å². The van der Waals surface area contributed by atoms with Crippen LogP contribution in [0.4, 0.5) is 0 Å². The number of rotatable bonds is 4. The number of likely N-dealkylation sites (tertiary alicyclic amines) is 1. The van der Waals surface area contributed by atoms with Crippen LogP contribution in [0.2, 0.25) is 0 Å². The molecule has 0 radical (unpaired) electrons. The second kappa shape index (κ2) is 6.40. The van der Waals surface area contributed by atoms with Crippen LogP contribution in [0.3, 0.4) is 0 Å². The largest absolute Gasteiger partial charge is 0.465 e. The first-order chi connectivity index (χ1) is 11.5. The number of nitrogens with zero attached hydrogens (tertiary/aromatic N) is 1. The SMILES string of the molecule is COC(=O)c1sccc1C(=O)N1CC(c2ccccc2)(C(C)C)C1. The first kappa shape index (κ1) is 16.7. The first-order valence-electron chi connectivity index (χ1n) is 8.00. The predicted molar refractivity (Wildman–Crippen MR) is 94.5 cm³/mol. The number of esters is 1. The summed E-state index contributed by atoms with van der Waals surface area (Å²) in [7, 11) is 1.33. The van der Waals surface area contributed by atoms with Crippen molar-refractivity contribution in [3.63, 3.8) is 0 Å². The Balaban J connectivity index is 1.81. The van der Waals surface area contributed by atoms with Gasteiger partial charge in [-0.1, -0.05) is 44.2 Å². The smallest absolute Gasteiger partial charge is 0.348 e. The molecule has 0 bridgehead atoms. The van der Waals surface area contributed by atoms with E-state index in [4.69, 9.17) is 4.74 Å². The van der Waals surface area contributed by atoms with Gasteiger partial charge >= 0.3 is 5.97 Å². The molecule has 1 amide bonds. The Hall–Kier alpha value is -2.14. The molecule has 3 rings (SSSR count). The fourth-order valence-electron chi connectivity index (χ4n) is 3.33. The highest BCUT2D eigenvalue weighted by molar-refractivity contribution is 7.12. The molecule has 1 saturated heterocycles. The minimum Gasteiger partial charge on any atom is -0.465 e. The van der Waals surface area contributed by atoms with E-state index in [0.29, 0.717) is 29.4 Å². The maximum atomic E-state index is 12.8. The van der Waals surface area contributed by atoms with Crippen molar-refractivity contribution >= 4 is 23.2 Å². The average molecular weight is 343 g/mol. The van der Waals surface area contributed by atoms with E-state index >= 15 is 0 Å². The lowest BCUT2D eigenvalue weighted by molar-refractivity contribution is 0.0234. The van der Waals surface area contributed by atoms with Crippen LogP contribution in [0.15, 0.2) is 41.8 Å². The average Bonchev–Trinajstić information content (AvgIpc) is 3.03. The number of amides is 1. The van der Waals surface area contributed by atoms with Crippen LogP contribution >= 0.6 is 11.3 Å². The number of hydrogen-bond donors (Lipinski definition) is 0. The minimum absolute atomic E-state index is 0.0155. The Morgan fingerprint density at radius 3 is 2.42 bits per heavy atom. The molecule has 0 saturated carbocycles. The van der Waals surface area contributed by atoms with Gasteiger partial charge in [0.25, 0.3) is 5.91 Å². The summed E-state index contributed by atoms with van der Waals surface area (Å²) in [6.07, 6.45) is 0. The zero-order chi connectivity index (χ0) is 17.3. The molecule has 1 fully saturated rings. The van der Waals surface area contributed by atoms with Gasteiger partial charge in [0, 0.05) is 18.5 Å². The predicted octanol–water partition coefficient (Wildman–Crippen LogP) is 3.58. The molecule has 0 aliphatic carbocycles. The number of methoxy groups -OCH3 is 1. The van der Waals surface area contributed by atoms with E-state index in [1.807, 2.05) is 23.1 Å². The molecule has 126 valence electrons. The molecule has 0 atom stereocenters. The molecule has 0 spiro atoms. The monoisotopic (exact) mass is 343 g/mol. The molecular formula is C19H21NO3S. The first-order valence-corrected chi connectivity index (χ1v) is 8.88. The molecule has 5 heteroatoms. The summed E-state index contributed by atoms with van der Waals surface area (Å²) in [5.41, 5.74) is 1.69. The summed E-state index contributed by atoms with van der Waals surface area (Å²) in [5, 5.41) is 1.76. The molecule has 1 aliphatic rings. The van der Waals surface area contributed by atoms with Gasteiger partial charge in [0.1, 0.15) is 4.88 Å². The Labute approximate surface area is 146 Å².